The minimum atomic E-state index is -0.808. The third kappa shape index (κ3) is 1.50. The van der Waals surface area contributed by atoms with Gasteiger partial charge in [0, 0.05) is 0 Å². The van der Waals surface area contributed by atoms with E-state index in [9.17, 15) is 9.18 Å². The Bertz CT molecular complexity index is 374. The molecule has 1 unspecified atom stereocenters. The summed E-state index contributed by atoms with van der Waals surface area (Å²) in [6.45, 7) is 0. The molecule has 1 aromatic rings. The van der Waals surface area contributed by atoms with Crippen LogP contribution in [-0.4, -0.2) is 11.1 Å². The van der Waals surface area contributed by atoms with Crippen LogP contribution in [-0.2, 0) is 11.2 Å². The van der Waals surface area contributed by atoms with Crippen LogP contribution in [0, 0.1) is 5.82 Å². The third-order valence-electron chi connectivity index (χ3n) is 2.72. The number of halogens is 1. The summed E-state index contributed by atoms with van der Waals surface area (Å²) in [5.74, 6) is -1.54. The van der Waals surface area contributed by atoms with Crippen molar-refractivity contribution >= 4 is 5.97 Å². The molecule has 1 aliphatic rings. The van der Waals surface area contributed by atoms with Crippen molar-refractivity contribution in [3.05, 3.63) is 35.1 Å². The molecule has 0 aliphatic heterocycles. The summed E-state index contributed by atoms with van der Waals surface area (Å²) in [5, 5.41) is 8.96. The minimum absolute atomic E-state index is 0.283. The SMILES string of the molecule is O=C(O)C1CCCc2cc(F)ccc21. The summed E-state index contributed by atoms with van der Waals surface area (Å²) >= 11 is 0. The van der Waals surface area contributed by atoms with Crippen molar-refractivity contribution in [1.29, 1.82) is 0 Å². The molecule has 2 nitrogen and oxygen atoms in total. The zero-order chi connectivity index (χ0) is 10.1. The third-order valence-corrected chi connectivity index (χ3v) is 2.72. The first-order valence-corrected chi connectivity index (χ1v) is 4.69. The first-order valence-electron chi connectivity index (χ1n) is 4.69. The highest BCUT2D eigenvalue weighted by Gasteiger charge is 2.25. The normalized spacial score (nSPS) is 20.2. The molecule has 1 atom stereocenters. The highest BCUT2D eigenvalue weighted by atomic mass is 19.1. The second-order valence-corrected chi connectivity index (χ2v) is 3.63. The van der Waals surface area contributed by atoms with Crippen LogP contribution in [0.15, 0.2) is 18.2 Å². The number of carbonyl (C=O) groups is 1. The number of carboxylic acids is 1. The Morgan fingerprint density at radius 3 is 3.00 bits per heavy atom. The molecule has 0 saturated heterocycles. The zero-order valence-electron chi connectivity index (χ0n) is 7.66. The predicted molar refractivity (Wildman–Crippen MR) is 49.7 cm³/mol. The van der Waals surface area contributed by atoms with Gasteiger partial charge in [0.2, 0.25) is 0 Å². The van der Waals surface area contributed by atoms with Crippen LogP contribution in [0.3, 0.4) is 0 Å². The smallest absolute Gasteiger partial charge is 0.310 e. The Morgan fingerprint density at radius 2 is 2.29 bits per heavy atom. The maximum Gasteiger partial charge on any atom is 0.310 e. The Hall–Kier alpha value is -1.38. The van der Waals surface area contributed by atoms with Gasteiger partial charge in [0.25, 0.3) is 0 Å². The van der Waals surface area contributed by atoms with E-state index >= 15 is 0 Å². The molecule has 0 amide bonds. The number of rotatable bonds is 1. The van der Waals surface area contributed by atoms with Crippen LogP contribution in [0.4, 0.5) is 4.39 Å². The van der Waals surface area contributed by atoms with Crippen LogP contribution in [0.25, 0.3) is 0 Å². The van der Waals surface area contributed by atoms with E-state index in [-0.39, 0.29) is 5.82 Å². The van der Waals surface area contributed by atoms with Crippen LogP contribution in [0.5, 0.6) is 0 Å². The Labute approximate surface area is 81.4 Å². The van der Waals surface area contributed by atoms with Gasteiger partial charge >= 0.3 is 5.97 Å². The second kappa shape index (κ2) is 3.40. The molecule has 0 heterocycles. The average Bonchev–Trinajstić information content (AvgIpc) is 2.16. The van der Waals surface area contributed by atoms with E-state index in [1.54, 1.807) is 6.07 Å². The maximum atomic E-state index is 12.9. The number of carboxylic acid groups (broad SMARTS) is 1. The largest absolute Gasteiger partial charge is 0.481 e. The first-order chi connectivity index (χ1) is 6.68. The summed E-state index contributed by atoms with van der Waals surface area (Å²) in [7, 11) is 0. The van der Waals surface area contributed by atoms with Gasteiger partial charge in [-0.25, -0.2) is 4.39 Å². The molecule has 0 saturated carbocycles. The second-order valence-electron chi connectivity index (χ2n) is 3.63. The summed E-state index contributed by atoms with van der Waals surface area (Å²) in [5.41, 5.74) is 1.63. The van der Waals surface area contributed by atoms with E-state index in [0.29, 0.717) is 6.42 Å². The molecule has 0 radical (unpaired) electrons. The van der Waals surface area contributed by atoms with Crippen molar-refractivity contribution in [2.24, 2.45) is 0 Å². The van der Waals surface area contributed by atoms with E-state index in [4.69, 9.17) is 5.11 Å². The lowest BCUT2D eigenvalue weighted by molar-refractivity contribution is -0.139. The molecule has 0 fully saturated rings. The molecule has 74 valence electrons. The zero-order valence-corrected chi connectivity index (χ0v) is 7.66. The fraction of sp³-hybridized carbons (Fsp3) is 0.364. The molecule has 1 N–H and O–H groups in total. The van der Waals surface area contributed by atoms with Gasteiger partial charge < -0.3 is 5.11 Å². The Kier molecular flexibility index (Phi) is 2.23. The van der Waals surface area contributed by atoms with E-state index in [0.717, 1.165) is 24.0 Å². The van der Waals surface area contributed by atoms with Crippen molar-refractivity contribution in [3.8, 4) is 0 Å². The minimum Gasteiger partial charge on any atom is -0.481 e. The van der Waals surface area contributed by atoms with Crippen LogP contribution in [0.2, 0.25) is 0 Å². The van der Waals surface area contributed by atoms with Crippen LogP contribution >= 0.6 is 0 Å². The number of benzene rings is 1. The van der Waals surface area contributed by atoms with Gasteiger partial charge in [-0.2, -0.15) is 0 Å². The van der Waals surface area contributed by atoms with E-state index in [2.05, 4.69) is 0 Å². The van der Waals surface area contributed by atoms with Crippen molar-refractivity contribution < 1.29 is 14.3 Å². The van der Waals surface area contributed by atoms with Gasteiger partial charge in [0.05, 0.1) is 5.92 Å². The van der Waals surface area contributed by atoms with Crippen LogP contribution in [0.1, 0.15) is 29.9 Å². The molecule has 0 aromatic heterocycles. The van der Waals surface area contributed by atoms with E-state index in [1.807, 2.05) is 0 Å². The molecular weight excluding hydrogens is 183 g/mol. The molecule has 2 rings (SSSR count). The monoisotopic (exact) mass is 194 g/mol. The summed E-state index contributed by atoms with van der Waals surface area (Å²) < 4.78 is 12.9. The fourth-order valence-corrected chi connectivity index (χ4v) is 2.04. The van der Waals surface area contributed by atoms with Crippen molar-refractivity contribution in [2.75, 3.05) is 0 Å². The average molecular weight is 194 g/mol. The molecule has 14 heavy (non-hydrogen) atoms. The lowest BCUT2D eigenvalue weighted by Crippen LogP contribution is -2.17. The lowest BCUT2D eigenvalue weighted by Gasteiger charge is -2.21. The van der Waals surface area contributed by atoms with Crippen molar-refractivity contribution in [1.82, 2.24) is 0 Å². The molecular formula is C11H11FO2. The predicted octanol–water partition coefficient (Wildman–Crippen LogP) is 2.33. The van der Waals surface area contributed by atoms with E-state index < -0.39 is 11.9 Å². The lowest BCUT2D eigenvalue weighted by atomic mass is 9.83. The summed E-state index contributed by atoms with van der Waals surface area (Å²) in [6.07, 6.45) is 2.28. The van der Waals surface area contributed by atoms with Crippen molar-refractivity contribution in [2.45, 2.75) is 25.2 Å². The Morgan fingerprint density at radius 1 is 1.50 bits per heavy atom. The van der Waals surface area contributed by atoms with Gasteiger partial charge in [0.1, 0.15) is 5.82 Å². The number of fused-ring (bicyclic) bond motifs is 1. The topological polar surface area (TPSA) is 37.3 Å². The standard InChI is InChI=1S/C11H11FO2/c12-8-4-5-9-7(6-8)2-1-3-10(9)11(13)14/h4-6,10H,1-3H2,(H,13,14). The van der Waals surface area contributed by atoms with Crippen LogP contribution < -0.4 is 0 Å². The highest BCUT2D eigenvalue weighted by Crippen LogP contribution is 2.31. The molecule has 1 aliphatic carbocycles. The number of aryl methyl sites for hydroxylation is 1. The highest BCUT2D eigenvalue weighted by molar-refractivity contribution is 5.77. The molecule has 1 aromatic carbocycles. The number of hydrogen-bond acceptors (Lipinski definition) is 1. The fourth-order valence-electron chi connectivity index (χ4n) is 2.04. The van der Waals surface area contributed by atoms with E-state index in [1.165, 1.54) is 12.1 Å². The number of aliphatic carboxylic acids is 1. The van der Waals surface area contributed by atoms with Gasteiger partial charge in [-0.3, -0.25) is 4.79 Å². The summed E-state index contributed by atoms with van der Waals surface area (Å²) in [4.78, 5) is 10.9. The number of hydrogen-bond donors (Lipinski definition) is 1. The Balaban J connectivity index is 2.44. The first kappa shape index (κ1) is 9.19. The van der Waals surface area contributed by atoms with Gasteiger partial charge in [-0.05, 0) is 42.5 Å². The summed E-state index contributed by atoms with van der Waals surface area (Å²) in [6, 6.07) is 4.38. The van der Waals surface area contributed by atoms with Gasteiger partial charge in [-0.15, -0.1) is 0 Å². The molecule has 0 spiro atoms. The van der Waals surface area contributed by atoms with Crippen molar-refractivity contribution in [3.63, 3.8) is 0 Å². The van der Waals surface area contributed by atoms with Gasteiger partial charge in [-0.1, -0.05) is 6.07 Å². The maximum absolute atomic E-state index is 12.9. The molecule has 0 bridgehead atoms. The quantitative estimate of drug-likeness (QED) is 0.745. The van der Waals surface area contributed by atoms with Gasteiger partial charge in [0.15, 0.2) is 0 Å². The molecule has 3 heteroatoms.